The number of rotatable bonds is 2. The number of hydrogen-bond acceptors (Lipinski definition) is 2. The van der Waals surface area contributed by atoms with Gasteiger partial charge < -0.3 is 10.2 Å². The number of benzene rings is 1. The summed E-state index contributed by atoms with van der Waals surface area (Å²) in [4.78, 5) is 14.0. The SMILES string of the molecule is Cc1ccc2c(c1)[C@H](CN(C)C)[C@H](C)C(=O)N2. The van der Waals surface area contributed by atoms with Gasteiger partial charge in [0.15, 0.2) is 0 Å². The summed E-state index contributed by atoms with van der Waals surface area (Å²) in [5.74, 6) is 0.452. The van der Waals surface area contributed by atoms with Crippen molar-refractivity contribution in [3.8, 4) is 0 Å². The zero-order valence-corrected chi connectivity index (χ0v) is 10.9. The lowest BCUT2D eigenvalue weighted by Gasteiger charge is -2.33. The molecule has 2 rings (SSSR count). The van der Waals surface area contributed by atoms with E-state index in [0.717, 1.165) is 12.2 Å². The van der Waals surface area contributed by atoms with Crippen molar-refractivity contribution in [1.82, 2.24) is 4.90 Å². The first-order valence-corrected chi connectivity index (χ1v) is 6.05. The molecule has 0 radical (unpaired) electrons. The third-order valence-corrected chi connectivity index (χ3v) is 3.44. The Kier molecular flexibility index (Phi) is 3.20. The van der Waals surface area contributed by atoms with E-state index in [0.29, 0.717) is 0 Å². The first-order valence-electron chi connectivity index (χ1n) is 6.05. The third-order valence-electron chi connectivity index (χ3n) is 3.44. The van der Waals surface area contributed by atoms with Crippen molar-refractivity contribution in [2.75, 3.05) is 26.0 Å². The molecule has 1 aromatic carbocycles. The molecule has 0 spiro atoms. The summed E-state index contributed by atoms with van der Waals surface area (Å²) in [6, 6.07) is 6.25. The largest absolute Gasteiger partial charge is 0.326 e. The van der Waals surface area contributed by atoms with E-state index < -0.39 is 0 Å². The highest BCUT2D eigenvalue weighted by Gasteiger charge is 2.32. The molecule has 3 nitrogen and oxygen atoms in total. The average Bonchev–Trinajstić information content (AvgIpc) is 2.25. The molecule has 0 saturated carbocycles. The van der Waals surface area contributed by atoms with E-state index in [9.17, 15) is 4.79 Å². The second-order valence-electron chi connectivity index (χ2n) is 5.24. The van der Waals surface area contributed by atoms with Gasteiger partial charge in [-0.05, 0) is 32.6 Å². The van der Waals surface area contributed by atoms with E-state index in [2.05, 4.69) is 37.3 Å². The van der Waals surface area contributed by atoms with E-state index in [1.807, 2.05) is 19.1 Å². The van der Waals surface area contributed by atoms with Crippen molar-refractivity contribution in [1.29, 1.82) is 0 Å². The molecule has 0 aliphatic carbocycles. The van der Waals surface area contributed by atoms with Crippen molar-refractivity contribution >= 4 is 11.6 Å². The van der Waals surface area contributed by atoms with E-state index >= 15 is 0 Å². The topological polar surface area (TPSA) is 32.3 Å². The molecule has 1 amide bonds. The first-order chi connectivity index (χ1) is 7.99. The highest BCUT2D eigenvalue weighted by atomic mass is 16.1. The summed E-state index contributed by atoms with van der Waals surface area (Å²) in [6.45, 7) is 5.01. The zero-order valence-electron chi connectivity index (χ0n) is 10.9. The van der Waals surface area contributed by atoms with Gasteiger partial charge in [-0.1, -0.05) is 24.6 Å². The van der Waals surface area contributed by atoms with Crippen molar-refractivity contribution in [2.45, 2.75) is 19.8 Å². The molecule has 0 bridgehead atoms. The average molecular weight is 232 g/mol. The van der Waals surface area contributed by atoms with Gasteiger partial charge in [0.2, 0.25) is 5.91 Å². The van der Waals surface area contributed by atoms with Gasteiger partial charge in [-0.25, -0.2) is 0 Å². The molecular weight excluding hydrogens is 212 g/mol. The van der Waals surface area contributed by atoms with E-state index in [1.165, 1.54) is 11.1 Å². The molecule has 1 aromatic rings. The summed E-state index contributed by atoms with van der Waals surface area (Å²) < 4.78 is 0. The predicted molar refractivity (Wildman–Crippen MR) is 70.3 cm³/mol. The molecule has 2 atom stereocenters. The van der Waals surface area contributed by atoms with Crippen molar-refractivity contribution in [2.24, 2.45) is 5.92 Å². The monoisotopic (exact) mass is 232 g/mol. The van der Waals surface area contributed by atoms with Gasteiger partial charge in [-0.2, -0.15) is 0 Å². The lowest BCUT2D eigenvalue weighted by atomic mass is 9.81. The number of aryl methyl sites for hydroxylation is 1. The maximum atomic E-state index is 11.9. The zero-order chi connectivity index (χ0) is 12.6. The lowest BCUT2D eigenvalue weighted by molar-refractivity contribution is -0.120. The Morgan fingerprint density at radius 2 is 2.06 bits per heavy atom. The van der Waals surface area contributed by atoms with E-state index in [4.69, 9.17) is 0 Å². The summed E-state index contributed by atoms with van der Waals surface area (Å²) in [6.07, 6.45) is 0. The minimum absolute atomic E-state index is 0.0340. The maximum absolute atomic E-state index is 11.9. The fourth-order valence-electron chi connectivity index (χ4n) is 2.45. The number of likely N-dealkylation sites (N-methyl/N-ethyl adjacent to an activating group) is 1. The molecule has 0 unspecified atom stereocenters. The maximum Gasteiger partial charge on any atom is 0.227 e. The van der Waals surface area contributed by atoms with Gasteiger partial charge in [0.25, 0.3) is 0 Å². The van der Waals surface area contributed by atoms with Crippen LogP contribution in [-0.2, 0) is 4.79 Å². The minimum Gasteiger partial charge on any atom is -0.326 e. The standard InChI is InChI=1S/C14H20N2O/c1-9-5-6-13-11(7-9)12(8-16(3)4)10(2)14(17)15-13/h5-7,10,12H,8H2,1-4H3,(H,15,17)/t10-,12+/m0/s1. The molecule has 92 valence electrons. The summed E-state index contributed by atoms with van der Waals surface area (Å²) in [5, 5.41) is 2.98. The molecule has 17 heavy (non-hydrogen) atoms. The highest BCUT2D eigenvalue weighted by Crippen LogP contribution is 2.36. The second-order valence-corrected chi connectivity index (χ2v) is 5.24. The highest BCUT2D eigenvalue weighted by molar-refractivity contribution is 5.96. The van der Waals surface area contributed by atoms with Crippen LogP contribution < -0.4 is 5.32 Å². The van der Waals surface area contributed by atoms with E-state index in [-0.39, 0.29) is 17.7 Å². The second kappa shape index (κ2) is 4.49. The number of anilines is 1. The Morgan fingerprint density at radius 1 is 1.35 bits per heavy atom. The number of carbonyl (C=O) groups is 1. The van der Waals surface area contributed by atoms with Gasteiger partial charge in [0.1, 0.15) is 0 Å². The normalized spacial score (nSPS) is 23.5. The number of fused-ring (bicyclic) bond motifs is 1. The van der Waals surface area contributed by atoms with Crippen molar-refractivity contribution in [3.63, 3.8) is 0 Å². The molecule has 1 N–H and O–H groups in total. The van der Waals surface area contributed by atoms with Crippen LogP contribution in [-0.4, -0.2) is 31.4 Å². The molecule has 3 heteroatoms. The van der Waals surface area contributed by atoms with Crippen molar-refractivity contribution in [3.05, 3.63) is 29.3 Å². The Morgan fingerprint density at radius 3 is 2.71 bits per heavy atom. The molecular formula is C14H20N2O. The van der Waals surface area contributed by atoms with Crippen LogP contribution in [0.15, 0.2) is 18.2 Å². The van der Waals surface area contributed by atoms with Crippen LogP contribution in [0.3, 0.4) is 0 Å². The van der Waals surface area contributed by atoms with Crippen LogP contribution in [0.4, 0.5) is 5.69 Å². The summed E-state index contributed by atoms with van der Waals surface area (Å²) >= 11 is 0. The quantitative estimate of drug-likeness (QED) is 0.848. The Hall–Kier alpha value is -1.35. The van der Waals surface area contributed by atoms with Crippen molar-refractivity contribution < 1.29 is 4.79 Å². The third kappa shape index (κ3) is 2.34. The van der Waals surface area contributed by atoms with Crippen LogP contribution in [0.1, 0.15) is 24.0 Å². The molecule has 0 saturated heterocycles. The van der Waals surface area contributed by atoms with Gasteiger partial charge in [0, 0.05) is 24.1 Å². The van der Waals surface area contributed by atoms with Gasteiger partial charge in [0.05, 0.1) is 0 Å². The first kappa shape index (κ1) is 12.1. The molecule has 0 fully saturated rings. The van der Waals surface area contributed by atoms with Crippen LogP contribution in [0.25, 0.3) is 0 Å². The van der Waals surface area contributed by atoms with E-state index in [1.54, 1.807) is 0 Å². The van der Waals surface area contributed by atoms with Crippen LogP contribution in [0, 0.1) is 12.8 Å². The molecule has 1 heterocycles. The Bertz CT molecular complexity index is 440. The Labute approximate surface area is 103 Å². The number of amides is 1. The fourth-order valence-corrected chi connectivity index (χ4v) is 2.45. The van der Waals surface area contributed by atoms with Gasteiger partial charge in [-0.3, -0.25) is 4.79 Å². The summed E-state index contributed by atoms with van der Waals surface area (Å²) in [5.41, 5.74) is 3.49. The predicted octanol–water partition coefficient (Wildman–Crippen LogP) is 2.23. The number of nitrogens with one attached hydrogen (secondary N) is 1. The fraction of sp³-hybridized carbons (Fsp3) is 0.500. The van der Waals surface area contributed by atoms with Crippen LogP contribution in [0.2, 0.25) is 0 Å². The summed E-state index contributed by atoms with van der Waals surface area (Å²) in [7, 11) is 4.10. The molecule has 0 aromatic heterocycles. The number of nitrogens with zero attached hydrogens (tertiary/aromatic N) is 1. The van der Waals surface area contributed by atoms with Crippen LogP contribution in [0.5, 0.6) is 0 Å². The molecule has 1 aliphatic heterocycles. The molecule has 1 aliphatic rings. The Balaban J connectivity index is 2.43. The minimum atomic E-state index is 0.0340. The lowest BCUT2D eigenvalue weighted by Crippen LogP contribution is -2.36. The smallest absolute Gasteiger partial charge is 0.227 e. The number of hydrogen-bond donors (Lipinski definition) is 1. The number of carbonyl (C=O) groups excluding carboxylic acids is 1. The van der Waals surface area contributed by atoms with Gasteiger partial charge >= 0.3 is 0 Å². The van der Waals surface area contributed by atoms with Crippen LogP contribution >= 0.6 is 0 Å². The van der Waals surface area contributed by atoms with Gasteiger partial charge in [-0.15, -0.1) is 0 Å².